The summed E-state index contributed by atoms with van der Waals surface area (Å²) < 4.78 is 10.2. The molecule has 2 atom stereocenters. The summed E-state index contributed by atoms with van der Waals surface area (Å²) in [6.45, 7) is 1.82. The maximum absolute atomic E-state index is 12.8. The van der Waals surface area contributed by atoms with Crippen molar-refractivity contribution in [2.75, 3.05) is 6.61 Å². The van der Waals surface area contributed by atoms with Gasteiger partial charge in [-0.2, -0.15) is 0 Å². The molecule has 0 unspecified atom stereocenters. The maximum Gasteiger partial charge on any atom is 0.418 e. The van der Waals surface area contributed by atoms with Crippen molar-refractivity contribution < 1.29 is 23.9 Å². The number of hydrogen-bond acceptors (Lipinski definition) is 5. The van der Waals surface area contributed by atoms with Crippen molar-refractivity contribution in [3.8, 4) is 0 Å². The normalized spacial score (nSPS) is 19.4. The molecule has 2 aromatic rings. The third-order valence-electron chi connectivity index (χ3n) is 3.89. The van der Waals surface area contributed by atoms with Crippen molar-refractivity contribution in [3.63, 3.8) is 0 Å². The standard InChI is InChI=1S/C19H17NO5/c1-2-24-18(22)16-15(13-9-5-3-6-10-13)20(19(23)25-16)17(21)14-11-7-4-8-12-14/h3-12,15-16H,2H2,1H3/t15-,16+/m0/s1. The number of amides is 2. The summed E-state index contributed by atoms with van der Waals surface area (Å²) in [4.78, 5) is 38.4. The van der Waals surface area contributed by atoms with Gasteiger partial charge in [-0.3, -0.25) is 4.79 Å². The number of nitrogens with zero attached hydrogens (tertiary/aromatic N) is 1. The van der Waals surface area contributed by atoms with Crippen molar-refractivity contribution in [2.24, 2.45) is 0 Å². The van der Waals surface area contributed by atoms with Crippen molar-refractivity contribution >= 4 is 18.0 Å². The van der Waals surface area contributed by atoms with Gasteiger partial charge in [0.2, 0.25) is 6.10 Å². The van der Waals surface area contributed by atoms with Crippen LogP contribution in [0.2, 0.25) is 0 Å². The Morgan fingerprint density at radius 2 is 1.64 bits per heavy atom. The van der Waals surface area contributed by atoms with E-state index in [4.69, 9.17) is 9.47 Å². The third kappa shape index (κ3) is 3.24. The van der Waals surface area contributed by atoms with Gasteiger partial charge in [0.1, 0.15) is 6.04 Å². The number of ether oxygens (including phenoxy) is 2. The van der Waals surface area contributed by atoms with Crippen molar-refractivity contribution in [1.82, 2.24) is 4.90 Å². The third-order valence-corrected chi connectivity index (χ3v) is 3.89. The fraction of sp³-hybridized carbons (Fsp3) is 0.211. The number of hydrogen-bond donors (Lipinski definition) is 0. The minimum Gasteiger partial charge on any atom is -0.463 e. The molecule has 1 aliphatic rings. The Labute approximate surface area is 145 Å². The predicted octanol–water partition coefficient (Wildman–Crippen LogP) is 2.95. The molecule has 128 valence electrons. The monoisotopic (exact) mass is 339 g/mol. The molecule has 1 aliphatic heterocycles. The highest BCUT2D eigenvalue weighted by atomic mass is 16.6. The molecule has 0 radical (unpaired) electrons. The first-order valence-electron chi connectivity index (χ1n) is 7.94. The van der Waals surface area contributed by atoms with Gasteiger partial charge in [-0.1, -0.05) is 48.5 Å². The van der Waals surface area contributed by atoms with Crippen LogP contribution < -0.4 is 0 Å². The first kappa shape index (κ1) is 16.7. The lowest BCUT2D eigenvalue weighted by atomic mass is 10.00. The molecule has 2 amide bonds. The van der Waals surface area contributed by atoms with Crippen molar-refractivity contribution in [1.29, 1.82) is 0 Å². The summed E-state index contributed by atoms with van der Waals surface area (Å²) in [5.74, 6) is -1.20. The van der Waals surface area contributed by atoms with Crippen LogP contribution in [-0.2, 0) is 14.3 Å². The molecule has 1 fully saturated rings. The van der Waals surface area contributed by atoms with E-state index in [1.165, 1.54) is 0 Å². The molecular weight excluding hydrogens is 322 g/mol. The van der Waals surface area contributed by atoms with E-state index in [0.29, 0.717) is 11.1 Å². The zero-order chi connectivity index (χ0) is 17.8. The average Bonchev–Trinajstić information content (AvgIpc) is 3.00. The number of carbonyl (C=O) groups excluding carboxylic acids is 3. The smallest absolute Gasteiger partial charge is 0.418 e. The molecule has 25 heavy (non-hydrogen) atoms. The van der Waals surface area contributed by atoms with E-state index >= 15 is 0 Å². The van der Waals surface area contributed by atoms with Gasteiger partial charge >= 0.3 is 12.1 Å². The number of benzene rings is 2. The largest absolute Gasteiger partial charge is 0.463 e. The van der Waals surface area contributed by atoms with Gasteiger partial charge in [-0.15, -0.1) is 0 Å². The summed E-state index contributed by atoms with van der Waals surface area (Å²) in [5, 5.41) is 0. The summed E-state index contributed by atoms with van der Waals surface area (Å²) in [6.07, 6.45) is -2.05. The van der Waals surface area contributed by atoms with Crippen LogP contribution >= 0.6 is 0 Å². The number of carbonyl (C=O) groups is 3. The number of imide groups is 1. The predicted molar refractivity (Wildman–Crippen MR) is 88.7 cm³/mol. The molecule has 6 heteroatoms. The summed E-state index contributed by atoms with van der Waals surface area (Å²) in [7, 11) is 0. The Morgan fingerprint density at radius 3 is 2.24 bits per heavy atom. The molecule has 1 saturated heterocycles. The molecule has 0 bridgehead atoms. The maximum atomic E-state index is 12.8. The lowest BCUT2D eigenvalue weighted by Gasteiger charge is -2.22. The minimum atomic E-state index is -1.19. The second kappa shape index (κ2) is 7.17. The Hall–Kier alpha value is -3.15. The Morgan fingerprint density at radius 1 is 1.04 bits per heavy atom. The fourth-order valence-electron chi connectivity index (χ4n) is 2.78. The molecule has 0 aromatic heterocycles. The molecule has 6 nitrogen and oxygen atoms in total. The lowest BCUT2D eigenvalue weighted by Crippen LogP contribution is -2.37. The van der Waals surface area contributed by atoms with Gasteiger partial charge < -0.3 is 9.47 Å². The molecule has 1 heterocycles. The Balaban J connectivity index is 2.01. The van der Waals surface area contributed by atoms with E-state index < -0.39 is 30.1 Å². The van der Waals surface area contributed by atoms with Crippen LogP contribution in [0.25, 0.3) is 0 Å². The van der Waals surface area contributed by atoms with Crippen LogP contribution in [0.3, 0.4) is 0 Å². The lowest BCUT2D eigenvalue weighted by molar-refractivity contribution is -0.152. The van der Waals surface area contributed by atoms with Gasteiger partial charge in [0.15, 0.2) is 0 Å². The second-order valence-corrected chi connectivity index (χ2v) is 5.45. The first-order chi connectivity index (χ1) is 12.1. The van der Waals surface area contributed by atoms with Gasteiger partial charge in [0.25, 0.3) is 5.91 Å². The van der Waals surface area contributed by atoms with E-state index in [1.807, 2.05) is 6.07 Å². The summed E-state index contributed by atoms with van der Waals surface area (Å²) >= 11 is 0. The number of esters is 1. The van der Waals surface area contributed by atoms with Gasteiger partial charge in [-0.25, -0.2) is 14.5 Å². The van der Waals surface area contributed by atoms with Crippen molar-refractivity contribution in [2.45, 2.75) is 19.1 Å². The molecular formula is C19H17NO5. The second-order valence-electron chi connectivity index (χ2n) is 5.45. The molecule has 0 aliphatic carbocycles. The molecule has 0 N–H and O–H groups in total. The van der Waals surface area contributed by atoms with Crippen molar-refractivity contribution in [3.05, 3.63) is 71.8 Å². The SMILES string of the molecule is CCOC(=O)[C@@H]1OC(=O)N(C(=O)c2ccccc2)[C@H]1c1ccccc1. The molecule has 3 rings (SSSR count). The molecule has 0 spiro atoms. The van der Waals surface area contributed by atoms with Crippen LogP contribution in [0.1, 0.15) is 28.9 Å². The van der Waals surface area contributed by atoms with E-state index in [1.54, 1.807) is 61.5 Å². The number of cyclic esters (lactones) is 1. The summed E-state index contributed by atoms with van der Waals surface area (Å²) in [5.41, 5.74) is 0.959. The highest BCUT2D eigenvalue weighted by Gasteiger charge is 2.50. The molecule has 0 saturated carbocycles. The van der Waals surface area contributed by atoms with E-state index in [2.05, 4.69) is 0 Å². The van der Waals surface area contributed by atoms with Crippen LogP contribution in [0.15, 0.2) is 60.7 Å². The quantitative estimate of drug-likeness (QED) is 0.801. The highest BCUT2D eigenvalue weighted by molar-refractivity contribution is 6.05. The zero-order valence-electron chi connectivity index (χ0n) is 13.6. The Kier molecular flexibility index (Phi) is 4.79. The van der Waals surface area contributed by atoms with E-state index in [-0.39, 0.29) is 6.61 Å². The van der Waals surface area contributed by atoms with Crippen LogP contribution in [0.5, 0.6) is 0 Å². The van der Waals surface area contributed by atoms with Crippen LogP contribution in [0.4, 0.5) is 4.79 Å². The highest BCUT2D eigenvalue weighted by Crippen LogP contribution is 2.35. The topological polar surface area (TPSA) is 72.9 Å². The first-order valence-corrected chi connectivity index (χ1v) is 7.94. The van der Waals surface area contributed by atoms with E-state index in [0.717, 1.165) is 4.90 Å². The Bertz CT molecular complexity index is 775. The van der Waals surface area contributed by atoms with Gasteiger partial charge in [0, 0.05) is 5.56 Å². The van der Waals surface area contributed by atoms with Crippen LogP contribution in [0, 0.1) is 0 Å². The van der Waals surface area contributed by atoms with Gasteiger partial charge in [-0.05, 0) is 24.6 Å². The van der Waals surface area contributed by atoms with E-state index in [9.17, 15) is 14.4 Å². The van der Waals surface area contributed by atoms with Gasteiger partial charge in [0.05, 0.1) is 6.61 Å². The average molecular weight is 339 g/mol. The van der Waals surface area contributed by atoms with Crippen LogP contribution in [-0.4, -0.2) is 35.6 Å². The zero-order valence-corrected chi connectivity index (χ0v) is 13.6. The minimum absolute atomic E-state index is 0.154. The summed E-state index contributed by atoms with van der Waals surface area (Å²) in [6, 6.07) is 16.3. The number of rotatable bonds is 4. The fourth-order valence-corrected chi connectivity index (χ4v) is 2.78. The molecule has 2 aromatic carbocycles.